The summed E-state index contributed by atoms with van der Waals surface area (Å²) < 4.78 is 8.83. The molecule has 6 heterocycles. The molecule has 0 saturated carbocycles. The summed E-state index contributed by atoms with van der Waals surface area (Å²) in [6.07, 6.45) is 3.93. The number of pyridine rings is 2. The van der Waals surface area contributed by atoms with Gasteiger partial charge in [-0.25, -0.2) is 0 Å². The van der Waals surface area contributed by atoms with Gasteiger partial charge in [0.1, 0.15) is 0 Å². The molecule has 0 unspecified atom stereocenters. The molecule has 0 atom stereocenters. The number of hydrogen-bond acceptors (Lipinski definition) is 6. The van der Waals surface area contributed by atoms with E-state index in [1.54, 1.807) is 0 Å². The minimum absolute atomic E-state index is 0. The summed E-state index contributed by atoms with van der Waals surface area (Å²) in [5, 5.41) is 4.38. The number of hydrogen-bond donors (Lipinski definition) is 0. The van der Waals surface area contributed by atoms with Crippen LogP contribution >= 0.6 is 0 Å². The van der Waals surface area contributed by atoms with Gasteiger partial charge in [-0.2, -0.15) is 0 Å². The van der Waals surface area contributed by atoms with E-state index in [4.69, 9.17) is 9.97 Å². The Bertz CT molecular complexity index is 6190. The Morgan fingerprint density at radius 2 is 0.600 bits per heavy atom. The predicted octanol–water partition coefficient (Wildman–Crippen LogP) is 23.3. The van der Waals surface area contributed by atoms with Gasteiger partial charge in [0.2, 0.25) is 0 Å². The first-order valence-corrected chi connectivity index (χ1v) is 43.0. The first-order chi connectivity index (χ1) is 55.3. The molecule has 0 aliphatic carbocycles. The predicted molar refractivity (Wildman–Crippen MR) is 472 cm³/mol. The molecular formula is C104H78GeN8Pt2-6. The number of rotatable bonds is 14. The van der Waals surface area contributed by atoms with Crippen LogP contribution in [0.1, 0.15) is 52.7 Å². The molecule has 11 heteroatoms. The monoisotopic (exact) mass is 1900 g/mol. The number of nitrogens with zero attached hydrogens (tertiary/aromatic N) is 8. The van der Waals surface area contributed by atoms with E-state index in [2.05, 4.69) is 448 Å². The molecule has 8 nitrogen and oxygen atoms in total. The minimum atomic E-state index is -5.04. The Kier molecular flexibility index (Phi) is 19.5. The maximum absolute atomic E-state index is 5.28. The van der Waals surface area contributed by atoms with E-state index in [0.29, 0.717) is 0 Å². The molecule has 14 aromatic carbocycles. The van der Waals surface area contributed by atoms with Crippen molar-refractivity contribution in [3.63, 3.8) is 0 Å². The maximum Gasteiger partial charge on any atom is 0 e. The Morgan fingerprint density at radius 3 is 0.957 bits per heavy atom. The minimum Gasteiger partial charge on any atom is 0 e. The molecule has 564 valence electrons. The molecule has 0 N–H and O–H groups in total. The Balaban J connectivity index is 0.00000459. The van der Waals surface area contributed by atoms with Crippen LogP contribution in [0.3, 0.4) is 0 Å². The van der Waals surface area contributed by atoms with Gasteiger partial charge in [-0.05, 0) is 0 Å². The van der Waals surface area contributed by atoms with Gasteiger partial charge in [0, 0.05) is 42.1 Å². The van der Waals surface area contributed by atoms with E-state index >= 15 is 0 Å². The summed E-state index contributed by atoms with van der Waals surface area (Å²) >= 11 is -5.04. The fraction of sp³-hybridized carbons (Fsp3) is 0.0769. The molecule has 0 amide bonds. The summed E-state index contributed by atoms with van der Waals surface area (Å²) in [4.78, 5) is 20.0. The fourth-order valence-electron chi connectivity index (χ4n) is 17.2. The average molecular weight is 1900 g/mol. The molecule has 4 aromatic heterocycles. The van der Waals surface area contributed by atoms with Crippen LogP contribution in [-0.2, 0) is 53.0 Å². The zero-order valence-corrected chi connectivity index (χ0v) is 71.0. The zero-order valence-electron chi connectivity index (χ0n) is 64.4. The molecule has 20 rings (SSSR count). The van der Waals surface area contributed by atoms with Crippen molar-refractivity contribution in [2.75, 3.05) is 19.6 Å². The molecule has 0 spiro atoms. The second kappa shape index (κ2) is 30.1. The number of fused-ring (bicyclic) bond motifs is 8. The van der Waals surface area contributed by atoms with Gasteiger partial charge < -0.3 is 0 Å². The summed E-state index contributed by atoms with van der Waals surface area (Å²) in [5.74, 6) is 1.66. The molecule has 2 aliphatic heterocycles. The average Bonchev–Trinajstić information content (AvgIpc) is 1.67. The van der Waals surface area contributed by atoms with E-state index in [-0.39, 0.29) is 53.0 Å². The second-order valence-electron chi connectivity index (χ2n) is 31.5. The quantitative estimate of drug-likeness (QED) is 0.0799. The normalized spacial score (nSPS) is 12.9. The van der Waals surface area contributed by atoms with Gasteiger partial charge in [-0.1, -0.05) is 0 Å². The van der Waals surface area contributed by atoms with Crippen molar-refractivity contribution in [3.05, 3.63) is 401 Å². The van der Waals surface area contributed by atoms with Crippen molar-refractivity contribution in [3.8, 4) is 56.1 Å². The molecule has 0 bridgehead atoms. The summed E-state index contributed by atoms with van der Waals surface area (Å²) in [7, 11) is 0. The van der Waals surface area contributed by atoms with E-state index in [9.17, 15) is 0 Å². The number of benzene rings is 14. The third kappa shape index (κ3) is 12.9. The second-order valence-corrected chi connectivity index (χ2v) is 39.2. The van der Waals surface area contributed by atoms with E-state index in [0.717, 1.165) is 163 Å². The Morgan fingerprint density at radius 1 is 0.287 bits per heavy atom. The smallest absolute Gasteiger partial charge is 0 e. The third-order valence-corrected chi connectivity index (χ3v) is 31.9. The summed E-state index contributed by atoms with van der Waals surface area (Å²) in [6.45, 7) is 18.2. The van der Waals surface area contributed by atoms with E-state index < -0.39 is 13.3 Å². The SMILES string of the molecule is CC(C)(C)c1ccnc(-n2c3[c-][c]([Ge]([c]4[c-]c(N5[CH-]N(c6c(-c7ccccc7)cccc6-c6ccccc6)c6ccccc65)ccc4)([c]4[c-]c(N5[CH-]N(c6c(-c7ccccc7)cccc6-c6ccccc6)c6ccccc65)ccc4)[c]4[c-]c5c(cc4)c4ccccc4n5-c4cc(C(C)(C)C)ccn4)ccc3c3ccccc32)c1.[Pt].[Pt]. The van der Waals surface area contributed by atoms with Crippen LogP contribution in [0.15, 0.2) is 352 Å². The van der Waals surface area contributed by atoms with E-state index in [1.807, 2.05) is 12.4 Å². The van der Waals surface area contributed by atoms with Gasteiger partial charge in [-0.3, -0.25) is 0 Å². The topological polar surface area (TPSA) is 48.6 Å². The molecule has 2 aliphatic rings. The third-order valence-electron chi connectivity index (χ3n) is 22.7. The standard InChI is InChI=1S/C104H78GeN8.2Pt/c1-103(2,3)75-59-61-106-99(63-75)112-91-49-21-19-43-87(91)89-57-55-79(67-97(89)112)105(80-56-58-90-88-44-20-22-50-92(88)113(98(90)68-80)100-64-76(60-62-107-100)104(4,5)6,77-39-27-41-81(65-77)108-69-110(95-53-25-23-51-93(95)108)101-83(71-31-11-7-12-32-71)45-29-46-84(101)72-33-13-8-14-34-72)78-40-28-42-82(66-78)109-70-111(96-54-26-24-52-94(96)109)102-85(73-35-15-9-16-36-73)47-30-48-86(102)74-37-17-10-18-38-74;;/h7-64,69-70H,1-6H3;;/q-6;;. The molecule has 18 aromatic rings. The summed E-state index contributed by atoms with van der Waals surface area (Å²) in [5.41, 5.74) is 23.0. The van der Waals surface area contributed by atoms with Gasteiger partial charge in [0.15, 0.2) is 0 Å². The molecule has 0 radical (unpaired) electrons. The van der Waals surface area contributed by atoms with Gasteiger partial charge in [-0.15, -0.1) is 0 Å². The molecule has 0 saturated heterocycles. The van der Waals surface area contributed by atoms with Crippen LogP contribution in [0, 0.1) is 37.6 Å². The van der Waals surface area contributed by atoms with Gasteiger partial charge in [0.05, 0.1) is 0 Å². The molecule has 115 heavy (non-hydrogen) atoms. The van der Waals surface area contributed by atoms with Gasteiger partial charge in [0.25, 0.3) is 0 Å². The van der Waals surface area contributed by atoms with E-state index in [1.165, 1.54) is 11.1 Å². The van der Waals surface area contributed by atoms with Crippen molar-refractivity contribution in [1.29, 1.82) is 0 Å². The maximum atomic E-state index is 5.28. The van der Waals surface area contributed by atoms with Crippen molar-refractivity contribution in [2.24, 2.45) is 0 Å². The van der Waals surface area contributed by atoms with Crippen molar-refractivity contribution in [2.45, 2.75) is 52.4 Å². The fourth-order valence-corrected chi connectivity index (χ4v) is 26.3. The van der Waals surface area contributed by atoms with Crippen LogP contribution < -0.4 is 37.2 Å². The first kappa shape index (κ1) is 74.5. The Hall–Kier alpha value is -11.9. The number of anilines is 8. The van der Waals surface area contributed by atoms with Crippen LogP contribution in [0.5, 0.6) is 0 Å². The molecular weight excluding hydrogens is 1820 g/mol. The van der Waals surface area contributed by atoms with Crippen molar-refractivity contribution in [1.82, 2.24) is 19.1 Å². The van der Waals surface area contributed by atoms with Crippen LogP contribution in [0.25, 0.3) is 99.8 Å². The number of aromatic nitrogens is 4. The van der Waals surface area contributed by atoms with Crippen LogP contribution in [-0.4, -0.2) is 32.4 Å². The zero-order chi connectivity index (χ0) is 76.1. The van der Waals surface area contributed by atoms with Crippen LogP contribution in [0.2, 0.25) is 0 Å². The van der Waals surface area contributed by atoms with Crippen molar-refractivity contribution >= 4 is 120 Å². The summed E-state index contributed by atoms with van der Waals surface area (Å²) in [6, 6.07) is 141. The molecule has 0 fully saturated rings. The van der Waals surface area contributed by atoms with Gasteiger partial charge >= 0.3 is 668 Å². The number of para-hydroxylation sites is 8. The van der Waals surface area contributed by atoms with Crippen molar-refractivity contribution < 1.29 is 42.1 Å². The first-order valence-electron chi connectivity index (χ1n) is 38.8. The van der Waals surface area contributed by atoms with Crippen LogP contribution in [0.4, 0.5) is 45.5 Å². The Labute approximate surface area is 704 Å². The largest absolute Gasteiger partial charge is 0 e.